The Hall–Kier alpha value is -3.48. The molecule has 7 heteroatoms. The van der Waals surface area contributed by atoms with Gasteiger partial charge in [-0.25, -0.2) is 0 Å². The molecule has 0 aliphatic carbocycles. The van der Waals surface area contributed by atoms with Gasteiger partial charge in [-0.1, -0.05) is 6.07 Å². The lowest BCUT2D eigenvalue weighted by Gasteiger charge is -2.20. The third-order valence-corrected chi connectivity index (χ3v) is 5.05. The molecular formula is C23H27N3O4. The maximum Gasteiger partial charge on any atom is 0.256 e. The van der Waals surface area contributed by atoms with Gasteiger partial charge in [0.25, 0.3) is 5.91 Å². The Labute approximate surface area is 176 Å². The summed E-state index contributed by atoms with van der Waals surface area (Å²) in [5, 5.41) is 2.82. The molecule has 0 saturated carbocycles. The number of furan rings is 1. The van der Waals surface area contributed by atoms with Crippen molar-refractivity contribution in [3.63, 3.8) is 0 Å². The van der Waals surface area contributed by atoms with Gasteiger partial charge in [-0.2, -0.15) is 0 Å². The van der Waals surface area contributed by atoms with E-state index in [-0.39, 0.29) is 18.4 Å². The molecule has 2 heterocycles. The lowest BCUT2D eigenvalue weighted by Crippen LogP contribution is -2.38. The number of carbonyl (C=O) groups is 2. The van der Waals surface area contributed by atoms with Gasteiger partial charge in [-0.05, 0) is 51.1 Å². The molecular weight excluding hydrogens is 382 g/mol. The largest absolute Gasteiger partial charge is 0.497 e. The van der Waals surface area contributed by atoms with Gasteiger partial charge in [-0.15, -0.1) is 0 Å². The molecule has 3 rings (SSSR count). The molecule has 158 valence electrons. The van der Waals surface area contributed by atoms with Crippen molar-refractivity contribution < 1.29 is 18.7 Å². The Bertz CT molecular complexity index is 1020. The van der Waals surface area contributed by atoms with E-state index in [4.69, 9.17) is 9.15 Å². The van der Waals surface area contributed by atoms with Crippen LogP contribution in [0.3, 0.4) is 0 Å². The molecule has 7 nitrogen and oxygen atoms in total. The molecule has 1 N–H and O–H groups in total. The smallest absolute Gasteiger partial charge is 0.256 e. The molecule has 2 amide bonds. The standard InChI is InChI=1S/C23H27N3O4/c1-5-25(15-22(27)24-18-8-6-9-19(13-18)29-4)23(28)21-12-16(2)26(17(21)3)14-20-10-7-11-30-20/h6-13H,5,14-15H2,1-4H3,(H,24,27). The molecule has 0 aliphatic rings. The Morgan fingerprint density at radius 2 is 1.97 bits per heavy atom. The Balaban J connectivity index is 1.72. The molecule has 0 aliphatic heterocycles. The monoisotopic (exact) mass is 409 g/mol. The number of carbonyl (C=O) groups excluding carboxylic acids is 2. The number of amides is 2. The van der Waals surface area contributed by atoms with Crippen LogP contribution >= 0.6 is 0 Å². The lowest BCUT2D eigenvalue weighted by atomic mass is 10.2. The number of nitrogens with one attached hydrogen (secondary N) is 1. The summed E-state index contributed by atoms with van der Waals surface area (Å²) >= 11 is 0. The first-order valence-electron chi connectivity index (χ1n) is 9.85. The number of anilines is 1. The quantitative estimate of drug-likeness (QED) is 0.613. The number of likely N-dealkylation sites (N-methyl/N-ethyl adjacent to an activating group) is 1. The molecule has 0 bridgehead atoms. The number of benzene rings is 1. The third-order valence-electron chi connectivity index (χ3n) is 5.05. The maximum atomic E-state index is 13.1. The molecule has 30 heavy (non-hydrogen) atoms. The van der Waals surface area contributed by atoms with Crippen molar-refractivity contribution in [2.75, 3.05) is 25.5 Å². The van der Waals surface area contributed by atoms with Crippen LogP contribution in [-0.2, 0) is 11.3 Å². The van der Waals surface area contributed by atoms with Crippen LogP contribution in [0.5, 0.6) is 5.75 Å². The Morgan fingerprint density at radius 3 is 2.63 bits per heavy atom. The minimum atomic E-state index is -0.261. The summed E-state index contributed by atoms with van der Waals surface area (Å²) in [5.74, 6) is 1.04. The van der Waals surface area contributed by atoms with Crippen LogP contribution in [0, 0.1) is 13.8 Å². The van der Waals surface area contributed by atoms with Crippen LogP contribution in [0.2, 0.25) is 0 Å². The lowest BCUT2D eigenvalue weighted by molar-refractivity contribution is -0.116. The van der Waals surface area contributed by atoms with Crippen LogP contribution in [0.1, 0.15) is 34.4 Å². The van der Waals surface area contributed by atoms with Crippen molar-refractivity contribution in [2.24, 2.45) is 0 Å². The van der Waals surface area contributed by atoms with E-state index in [1.807, 2.05) is 43.5 Å². The van der Waals surface area contributed by atoms with E-state index in [1.165, 1.54) is 4.90 Å². The number of nitrogens with zero attached hydrogens (tertiary/aromatic N) is 2. The van der Waals surface area contributed by atoms with Crippen molar-refractivity contribution in [1.29, 1.82) is 0 Å². The van der Waals surface area contributed by atoms with Gasteiger partial charge in [0, 0.05) is 29.7 Å². The summed E-state index contributed by atoms with van der Waals surface area (Å²) in [6.45, 7) is 6.67. The first-order valence-corrected chi connectivity index (χ1v) is 9.85. The fourth-order valence-corrected chi connectivity index (χ4v) is 3.39. The molecule has 0 atom stereocenters. The average molecular weight is 409 g/mol. The fourth-order valence-electron chi connectivity index (χ4n) is 3.39. The second-order valence-corrected chi connectivity index (χ2v) is 7.05. The second-order valence-electron chi connectivity index (χ2n) is 7.05. The van der Waals surface area contributed by atoms with Crippen LogP contribution in [-0.4, -0.2) is 41.5 Å². The van der Waals surface area contributed by atoms with E-state index in [0.717, 1.165) is 17.1 Å². The normalized spacial score (nSPS) is 10.7. The van der Waals surface area contributed by atoms with E-state index in [1.54, 1.807) is 37.6 Å². The summed E-state index contributed by atoms with van der Waals surface area (Å²) in [6.07, 6.45) is 1.63. The van der Waals surface area contributed by atoms with E-state index in [2.05, 4.69) is 5.32 Å². The average Bonchev–Trinajstić information content (AvgIpc) is 3.35. The van der Waals surface area contributed by atoms with E-state index >= 15 is 0 Å². The van der Waals surface area contributed by atoms with E-state index in [0.29, 0.717) is 30.1 Å². The first-order chi connectivity index (χ1) is 14.4. The predicted octanol–water partition coefficient (Wildman–Crippen LogP) is 3.86. The SMILES string of the molecule is CCN(CC(=O)Nc1cccc(OC)c1)C(=O)c1cc(C)n(Cc2ccco2)c1C. The zero-order chi connectivity index (χ0) is 21.7. The highest BCUT2D eigenvalue weighted by Gasteiger charge is 2.22. The van der Waals surface area contributed by atoms with Crippen molar-refractivity contribution in [2.45, 2.75) is 27.3 Å². The second kappa shape index (κ2) is 9.35. The zero-order valence-corrected chi connectivity index (χ0v) is 17.8. The fraction of sp³-hybridized carbons (Fsp3) is 0.304. The van der Waals surface area contributed by atoms with Crippen molar-refractivity contribution in [3.8, 4) is 5.75 Å². The number of ether oxygens (including phenoxy) is 1. The topological polar surface area (TPSA) is 76.7 Å². The number of hydrogen-bond donors (Lipinski definition) is 1. The van der Waals surface area contributed by atoms with Crippen LogP contribution < -0.4 is 10.1 Å². The summed E-state index contributed by atoms with van der Waals surface area (Å²) in [7, 11) is 1.57. The van der Waals surface area contributed by atoms with Gasteiger partial charge in [0.05, 0.1) is 25.5 Å². The maximum absolute atomic E-state index is 13.1. The molecule has 0 radical (unpaired) electrons. The van der Waals surface area contributed by atoms with Crippen LogP contribution in [0.4, 0.5) is 5.69 Å². The minimum absolute atomic E-state index is 0.0333. The molecule has 2 aromatic heterocycles. The van der Waals surface area contributed by atoms with Gasteiger partial charge in [-0.3, -0.25) is 9.59 Å². The molecule has 0 spiro atoms. The predicted molar refractivity (Wildman–Crippen MR) is 115 cm³/mol. The molecule has 0 unspecified atom stereocenters. The van der Waals surface area contributed by atoms with Gasteiger partial charge in [0.1, 0.15) is 18.1 Å². The van der Waals surface area contributed by atoms with Gasteiger partial charge in [0.2, 0.25) is 5.91 Å². The molecule has 0 fully saturated rings. The van der Waals surface area contributed by atoms with Crippen molar-refractivity contribution >= 4 is 17.5 Å². The van der Waals surface area contributed by atoms with Crippen LogP contribution in [0.25, 0.3) is 0 Å². The Morgan fingerprint density at radius 1 is 1.17 bits per heavy atom. The van der Waals surface area contributed by atoms with Crippen LogP contribution in [0.15, 0.2) is 53.1 Å². The first kappa shape index (κ1) is 21.2. The highest BCUT2D eigenvalue weighted by molar-refractivity contribution is 6.00. The number of rotatable bonds is 8. The molecule has 0 saturated heterocycles. The van der Waals surface area contributed by atoms with E-state index < -0.39 is 0 Å². The highest BCUT2D eigenvalue weighted by Crippen LogP contribution is 2.20. The summed E-state index contributed by atoms with van der Waals surface area (Å²) in [4.78, 5) is 27.2. The summed E-state index contributed by atoms with van der Waals surface area (Å²) < 4.78 is 12.6. The van der Waals surface area contributed by atoms with Gasteiger partial charge < -0.3 is 23.9 Å². The Kier molecular flexibility index (Phi) is 6.61. The highest BCUT2D eigenvalue weighted by atomic mass is 16.5. The number of hydrogen-bond acceptors (Lipinski definition) is 4. The summed E-state index contributed by atoms with van der Waals surface area (Å²) in [5.41, 5.74) is 3.03. The summed E-state index contributed by atoms with van der Waals surface area (Å²) in [6, 6.07) is 12.7. The third kappa shape index (κ3) is 4.74. The van der Waals surface area contributed by atoms with Gasteiger partial charge in [0.15, 0.2) is 0 Å². The van der Waals surface area contributed by atoms with Gasteiger partial charge >= 0.3 is 0 Å². The molecule has 3 aromatic rings. The number of aryl methyl sites for hydroxylation is 1. The number of methoxy groups -OCH3 is 1. The minimum Gasteiger partial charge on any atom is -0.497 e. The zero-order valence-electron chi connectivity index (χ0n) is 17.8. The number of aromatic nitrogens is 1. The van der Waals surface area contributed by atoms with Crippen molar-refractivity contribution in [1.82, 2.24) is 9.47 Å². The van der Waals surface area contributed by atoms with Crippen molar-refractivity contribution in [3.05, 3.63) is 71.4 Å². The molecule has 1 aromatic carbocycles. The van der Waals surface area contributed by atoms with E-state index in [9.17, 15) is 9.59 Å².